The zero-order chi connectivity index (χ0) is 9.47. The maximum atomic E-state index is 9.18. The van der Waals surface area contributed by atoms with Gasteiger partial charge in [-0.2, -0.15) is 0 Å². The molecule has 1 N–H and O–H groups in total. The van der Waals surface area contributed by atoms with Gasteiger partial charge in [0.25, 0.3) is 0 Å². The number of hydrogen-bond acceptors (Lipinski definition) is 1. The van der Waals surface area contributed by atoms with Gasteiger partial charge in [0.05, 0.1) is 6.61 Å². The fraction of sp³-hybridized carbons (Fsp3) is 0.455. The molecule has 1 nitrogen and oxygen atoms in total. The molecular weight excluding hydrogens is 184 g/mol. The molecule has 70 valence electrons. The van der Waals surface area contributed by atoms with Crippen molar-refractivity contribution in [3.8, 4) is 0 Å². The topological polar surface area (TPSA) is 20.2 Å². The normalized spacial score (nSPS) is 37.5. The van der Waals surface area contributed by atoms with Gasteiger partial charge < -0.3 is 5.11 Å². The van der Waals surface area contributed by atoms with Crippen LogP contribution in [-0.2, 0) is 0 Å². The monoisotopic (exact) mass is 196 g/mol. The summed E-state index contributed by atoms with van der Waals surface area (Å²) in [5, 5.41) is 9.27. The number of aliphatic hydroxyl groups excluding tert-OH is 1. The minimum atomic E-state index is -0.108. The summed E-state index contributed by atoms with van der Waals surface area (Å²) in [5.74, 6) is 0.320. The second-order valence-corrected chi connectivity index (χ2v) is 4.42. The zero-order valence-electron chi connectivity index (χ0n) is 7.57. The van der Waals surface area contributed by atoms with E-state index in [0.29, 0.717) is 5.92 Å². The highest BCUT2D eigenvalue weighted by atomic mass is 35.5. The summed E-state index contributed by atoms with van der Waals surface area (Å²) in [5.41, 5.74) is 1.13. The number of benzene rings is 1. The Hall–Kier alpha value is -0.530. The summed E-state index contributed by atoms with van der Waals surface area (Å²) in [6.07, 6.45) is 0. The second kappa shape index (κ2) is 3.00. The summed E-state index contributed by atoms with van der Waals surface area (Å²) in [6, 6.07) is 10.2. The Bertz CT molecular complexity index is 298. The number of halogens is 1. The lowest BCUT2D eigenvalue weighted by Crippen LogP contribution is -2.05. The molecule has 0 unspecified atom stereocenters. The van der Waals surface area contributed by atoms with Gasteiger partial charge >= 0.3 is 0 Å². The van der Waals surface area contributed by atoms with E-state index in [4.69, 9.17) is 11.6 Å². The molecule has 0 saturated heterocycles. The van der Waals surface area contributed by atoms with Gasteiger partial charge in [-0.15, -0.1) is 11.6 Å². The lowest BCUT2D eigenvalue weighted by atomic mass is 10.0. The molecule has 0 aromatic heterocycles. The van der Waals surface area contributed by atoms with Crippen molar-refractivity contribution in [1.82, 2.24) is 0 Å². The van der Waals surface area contributed by atoms with Crippen LogP contribution >= 0.6 is 11.6 Å². The number of aliphatic hydroxyl groups is 1. The number of alkyl halides is 1. The summed E-state index contributed by atoms with van der Waals surface area (Å²) in [4.78, 5) is 0. The van der Waals surface area contributed by atoms with Gasteiger partial charge in [-0.3, -0.25) is 0 Å². The average Bonchev–Trinajstić information content (AvgIpc) is 2.72. The van der Waals surface area contributed by atoms with Crippen LogP contribution in [0.5, 0.6) is 0 Å². The molecule has 3 atom stereocenters. The maximum absolute atomic E-state index is 9.18. The van der Waals surface area contributed by atoms with E-state index in [1.807, 2.05) is 25.1 Å². The highest BCUT2D eigenvalue weighted by molar-refractivity contribution is 6.24. The first kappa shape index (κ1) is 9.04. The summed E-state index contributed by atoms with van der Waals surface area (Å²) >= 11 is 6.13. The van der Waals surface area contributed by atoms with E-state index in [9.17, 15) is 5.11 Å². The highest BCUT2D eigenvalue weighted by Gasteiger charge is 2.60. The van der Waals surface area contributed by atoms with Gasteiger partial charge in [0.2, 0.25) is 0 Å². The van der Waals surface area contributed by atoms with E-state index in [2.05, 4.69) is 12.1 Å². The van der Waals surface area contributed by atoms with Crippen LogP contribution in [0.1, 0.15) is 18.4 Å². The van der Waals surface area contributed by atoms with Crippen molar-refractivity contribution in [2.24, 2.45) is 5.41 Å². The predicted molar refractivity (Wildman–Crippen MR) is 54.0 cm³/mol. The van der Waals surface area contributed by atoms with E-state index in [1.54, 1.807) is 0 Å². The van der Waals surface area contributed by atoms with Gasteiger partial charge in [-0.1, -0.05) is 37.3 Å². The molecule has 1 saturated carbocycles. The largest absolute Gasteiger partial charge is 0.396 e. The molecule has 0 amide bonds. The van der Waals surface area contributed by atoms with Crippen molar-refractivity contribution >= 4 is 11.6 Å². The van der Waals surface area contributed by atoms with E-state index in [-0.39, 0.29) is 17.4 Å². The second-order valence-electron chi connectivity index (χ2n) is 3.95. The molecule has 0 heterocycles. The van der Waals surface area contributed by atoms with E-state index in [0.717, 1.165) is 0 Å². The maximum Gasteiger partial charge on any atom is 0.0505 e. The van der Waals surface area contributed by atoms with Crippen LogP contribution in [0, 0.1) is 5.41 Å². The first-order valence-corrected chi connectivity index (χ1v) is 4.93. The quantitative estimate of drug-likeness (QED) is 0.721. The summed E-state index contributed by atoms with van der Waals surface area (Å²) < 4.78 is 0. The van der Waals surface area contributed by atoms with Crippen LogP contribution in [0.4, 0.5) is 0 Å². The van der Waals surface area contributed by atoms with Gasteiger partial charge in [-0.25, -0.2) is 0 Å². The molecule has 0 bridgehead atoms. The van der Waals surface area contributed by atoms with Crippen molar-refractivity contribution < 1.29 is 5.11 Å². The van der Waals surface area contributed by atoms with Crippen molar-refractivity contribution in [3.63, 3.8) is 0 Å². The molecule has 0 radical (unpaired) electrons. The Kier molecular flexibility index (Phi) is 2.09. The Morgan fingerprint density at radius 3 is 2.46 bits per heavy atom. The van der Waals surface area contributed by atoms with Crippen LogP contribution in [0.3, 0.4) is 0 Å². The van der Waals surface area contributed by atoms with E-state index < -0.39 is 0 Å². The third-order valence-corrected chi connectivity index (χ3v) is 3.77. The lowest BCUT2D eigenvalue weighted by Gasteiger charge is -2.05. The molecule has 1 aliphatic rings. The lowest BCUT2D eigenvalue weighted by molar-refractivity contribution is 0.220. The third kappa shape index (κ3) is 1.27. The molecule has 0 spiro atoms. The van der Waals surface area contributed by atoms with Crippen molar-refractivity contribution in [2.45, 2.75) is 18.2 Å². The minimum absolute atomic E-state index is 0.0832. The standard InChI is InChI=1S/C11H13ClO/c1-11(7-13)9(10(11)12)8-5-3-2-4-6-8/h2-6,9-10,13H,7H2,1H3/t9-,10+,11-/m1/s1. The Morgan fingerprint density at radius 1 is 1.38 bits per heavy atom. The van der Waals surface area contributed by atoms with Crippen LogP contribution < -0.4 is 0 Å². The minimum Gasteiger partial charge on any atom is -0.396 e. The van der Waals surface area contributed by atoms with Gasteiger partial charge in [0.1, 0.15) is 0 Å². The van der Waals surface area contributed by atoms with Crippen LogP contribution in [-0.4, -0.2) is 17.1 Å². The zero-order valence-corrected chi connectivity index (χ0v) is 8.33. The van der Waals surface area contributed by atoms with Crippen LogP contribution in [0.15, 0.2) is 30.3 Å². The molecule has 1 aromatic carbocycles. The Labute approximate surface area is 83.3 Å². The van der Waals surface area contributed by atoms with Gasteiger partial charge in [0, 0.05) is 16.7 Å². The first-order chi connectivity index (χ1) is 6.20. The Balaban J connectivity index is 2.23. The molecule has 13 heavy (non-hydrogen) atoms. The highest BCUT2D eigenvalue weighted by Crippen LogP contribution is 2.61. The van der Waals surface area contributed by atoms with Crippen molar-refractivity contribution in [3.05, 3.63) is 35.9 Å². The molecule has 1 fully saturated rings. The molecule has 1 aromatic rings. The fourth-order valence-electron chi connectivity index (χ4n) is 1.90. The molecular formula is C11H13ClO. The smallest absolute Gasteiger partial charge is 0.0505 e. The first-order valence-electron chi connectivity index (χ1n) is 4.50. The summed E-state index contributed by atoms with van der Waals surface area (Å²) in [6.45, 7) is 2.20. The number of rotatable bonds is 2. The molecule has 0 aliphatic heterocycles. The van der Waals surface area contributed by atoms with Crippen LogP contribution in [0.2, 0.25) is 0 Å². The average molecular weight is 197 g/mol. The van der Waals surface area contributed by atoms with Crippen LogP contribution in [0.25, 0.3) is 0 Å². The predicted octanol–water partition coefficient (Wildman–Crippen LogP) is 2.39. The van der Waals surface area contributed by atoms with Gasteiger partial charge in [-0.05, 0) is 5.56 Å². The molecule has 2 rings (SSSR count). The van der Waals surface area contributed by atoms with E-state index in [1.165, 1.54) is 5.56 Å². The molecule has 1 aliphatic carbocycles. The Morgan fingerprint density at radius 2 is 2.00 bits per heavy atom. The van der Waals surface area contributed by atoms with Crippen molar-refractivity contribution in [2.75, 3.05) is 6.61 Å². The fourth-order valence-corrected chi connectivity index (χ4v) is 2.47. The SMILES string of the molecule is C[C@@]1(CO)[C@H](c2ccccc2)[C@@H]1Cl. The third-order valence-electron chi connectivity index (χ3n) is 3.02. The van der Waals surface area contributed by atoms with Gasteiger partial charge in [0.15, 0.2) is 0 Å². The van der Waals surface area contributed by atoms with Crippen molar-refractivity contribution in [1.29, 1.82) is 0 Å². The molecule has 2 heteroatoms. The van der Waals surface area contributed by atoms with E-state index >= 15 is 0 Å². The number of hydrogen-bond donors (Lipinski definition) is 1. The summed E-state index contributed by atoms with van der Waals surface area (Å²) in [7, 11) is 0.